The van der Waals surface area contributed by atoms with E-state index in [1.54, 1.807) is 0 Å². The molecular formula is C17H17BrN2O2S. The Kier molecular flexibility index (Phi) is 4.82. The highest BCUT2D eigenvalue weighted by Gasteiger charge is 2.22. The predicted molar refractivity (Wildman–Crippen MR) is 96.3 cm³/mol. The minimum atomic E-state index is -0.166. The third-order valence-electron chi connectivity index (χ3n) is 4.03. The second-order valence-electron chi connectivity index (χ2n) is 5.53. The monoisotopic (exact) mass is 392 g/mol. The lowest BCUT2D eigenvalue weighted by molar-refractivity contribution is 0.0791. The summed E-state index contributed by atoms with van der Waals surface area (Å²) in [6.45, 7) is 3.51. The summed E-state index contributed by atoms with van der Waals surface area (Å²) >= 11 is 4.75. The van der Waals surface area contributed by atoms with E-state index >= 15 is 0 Å². The van der Waals surface area contributed by atoms with Crippen molar-refractivity contribution in [1.82, 2.24) is 4.90 Å². The normalized spacial score (nSPS) is 14.1. The number of hydrogen-bond donors (Lipinski definition) is 1. The standard InChI is InChI=1S/C17H17BrN2O2S/c1-11-12(17(22)20-8-2-3-9-20)5-4-6-14(11)19-16(21)15-13(18)7-10-23-15/h4-7,10H,2-3,8-9H2,1H3,(H,19,21). The van der Waals surface area contributed by atoms with Crippen LogP contribution in [0.15, 0.2) is 34.1 Å². The summed E-state index contributed by atoms with van der Waals surface area (Å²) in [5.74, 6) is -0.117. The smallest absolute Gasteiger partial charge is 0.266 e. The molecule has 0 aliphatic carbocycles. The van der Waals surface area contributed by atoms with Crippen LogP contribution in [0.3, 0.4) is 0 Å². The van der Waals surface area contributed by atoms with Gasteiger partial charge in [-0.05, 0) is 64.8 Å². The Hall–Kier alpha value is -1.66. The van der Waals surface area contributed by atoms with Crippen molar-refractivity contribution in [3.05, 3.63) is 50.1 Å². The molecule has 0 bridgehead atoms. The van der Waals surface area contributed by atoms with Crippen molar-refractivity contribution in [1.29, 1.82) is 0 Å². The zero-order valence-corrected chi connectivity index (χ0v) is 15.2. The highest BCUT2D eigenvalue weighted by molar-refractivity contribution is 9.10. The minimum Gasteiger partial charge on any atom is -0.339 e. The molecule has 2 heterocycles. The van der Waals surface area contributed by atoms with Crippen molar-refractivity contribution in [3.8, 4) is 0 Å². The van der Waals surface area contributed by atoms with Gasteiger partial charge in [0.2, 0.25) is 0 Å². The van der Waals surface area contributed by atoms with Crippen molar-refractivity contribution in [2.75, 3.05) is 18.4 Å². The number of carbonyl (C=O) groups is 2. The van der Waals surface area contributed by atoms with Crippen molar-refractivity contribution < 1.29 is 9.59 Å². The maximum absolute atomic E-state index is 12.6. The molecule has 23 heavy (non-hydrogen) atoms. The van der Waals surface area contributed by atoms with E-state index in [9.17, 15) is 9.59 Å². The number of nitrogens with one attached hydrogen (secondary N) is 1. The van der Waals surface area contributed by atoms with Gasteiger partial charge in [0.05, 0.1) is 0 Å². The Morgan fingerprint density at radius 3 is 2.61 bits per heavy atom. The van der Waals surface area contributed by atoms with E-state index < -0.39 is 0 Å². The van der Waals surface area contributed by atoms with Crippen molar-refractivity contribution in [2.24, 2.45) is 0 Å². The summed E-state index contributed by atoms with van der Waals surface area (Å²) in [5.41, 5.74) is 2.15. The van der Waals surface area contributed by atoms with Crippen LogP contribution >= 0.6 is 27.3 Å². The molecule has 0 unspecified atom stereocenters. The number of benzene rings is 1. The largest absolute Gasteiger partial charge is 0.339 e. The van der Waals surface area contributed by atoms with Crippen LogP contribution in [0.1, 0.15) is 38.4 Å². The fourth-order valence-electron chi connectivity index (χ4n) is 2.73. The summed E-state index contributed by atoms with van der Waals surface area (Å²) < 4.78 is 0.780. The van der Waals surface area contributed by atoms with Crippen LogP contribution in [-0.2, 0) is 0 Å². The molecule has 0 atom stereocenters. The van der Waals surface area contributed by atoms with E-state index in [2.05, 4.69) is 21.2 Å². The van der Waals surface area contributed by atoms with Gasteiger partial charge in [0, 0.05) is 28.8 Å². The molecule has 1 aromatic heterocycles. The molecule has 1 aromatic carbocycles. The lowest BCUT2D eigenvalue weighted by atomic mass is 10.1. The van der Waals surface area contributed by atoms with Crippen LogP contribution in [0.5, 0.6) is 0 Å². The number of likely N-dealkylation sites (tertiary alicyclic amines) is 1. The van der Waals surface area contributed by atoms with Crippen LogP contribution in [0.25, 0.3) is 0 Å². The van der Waals surface area contributed by atoms with E-state index in [-0.39, 0.29) is 11.8 Å². The summed E-state index contributed by atoms with van der Waals surface area (Å²) in [4.78, 5) is 27.5. The second-order valence-corrected chi connectivity index (χ2v) is 7.30. The Balaban J connectivity index is 1.83. The Bertz CT molecular complexity index is 751. The van der Waals surface area contributed by atoms with E-state index in [1.165, 1.54) is 11.3 Å². The number of carbonyl (C=O) groups excluding carboxylic acids is 2. The highest BCUT2D eigenvalue weighted by Crippen LogP contribution is 2.26. The lowest BCUT2D eigenvalue weighted by Crippen LogP contribution is -2.28. The summed E-state index contributed by atoms with van der Waals surface area (Å²) in [6.07, 6.45) is 2.13. The molecule has 1 N–H and O–H groups in total. The van der Waals surface area contributed by atoms with E-state index in [0.29, 0.717) is 16.1 Å². The van der Waals surface area contributed by atoms with Crippen molar-refractivity contribution in [3.63, 3.8) is 0 Å². The van der Waals surface area contributed by atoms with Crippen molar-refractivity contribution in [2.45, 2.75) is 19.8 Å². The molecule has 1 aliphatic heterocycles. The van der Waals surface area contributed by atoms with Crippen LogP contribution in [0.2, 0.25) is 0 Å². The summed E-state index contributed by atoms with van der Waals surface area (Å²) in [7, 11) is 0. The average Bonchev–Trinajstić information content (AvgIpc) is 3.20. The first-order chi connectivity index (χ1) is 11.1. The number of halogens is 1. The van der Waals surface area contributed by atoms with Gasteiger partial charge < -0.3 is 10.2 Å². The van der Waals surface area contributed by atoms with Gasteiger partial charge in [0.25, 0.3) is 11.8 Å². The summed E-state index contributed by atoms with van der Waals surface area (Å²) in [5, 5.41) is 4.77. The molecule has 1 fully saturated rings. The minimum absolute atomic E-state index is 0.0494. The van der Waals surface area contributed by atoms with Gasteiger partial charge in [-0.3, -0.25) is 9.59 Å². The molecule has 2 aromatic rings. The maximum atomic E-state index is 12.6. The number of nitrogens with zero attached hydrogens (tertiary/aromatic N) is 1. The number of hydrogen-bond acceptors (Lipinski definition) is 3. The zero-order chi connectivity index (χ0) is 16.4. The summed E-state index contributed by atoms with van der Waals surface area (Å²) in [6, 6.07) is 7.32. The van der Waals surface area contributed by atoms with Gasteiger partial charge in [0.15, 0.2) is 0 Å². The van der Waals surface area contributed by atoms with Gasteiger partial charge in [-0.25, -0.2) is 0 Å². The van der Waals surface area contributed by atoms with Gasteiger partial charge in [-0.15, -0.1) is 11.3 Å². The molecule has 120 valence electrons. The molecule has 0 spiro atoms. The molecule has 1 saturated heterocycles. The van der Waals surface area contributed by atoms with E-state index in [4.69, 9.17) is 0 Å². The molecule has 1 aliphatic rings. The SMILES string of the molecule is Cc1c(NC(=O)c2sccc2Br)cccc1C(=O)N1CCCC1. The van der Waals surface area contributed by atoms with Crippen LogP contribution < -0.4 is 5.32 Å². The van der Waals surface area contributed by atoms with E-state index in [1.807, 2.05) is 41.5 Å². The number of anilines is 1. The quantitative estimate of drug-likeness (QED) is 0.845. The zero-order valence-electron chi connectivity index (χ0n) is 12.8. The van der Waals surface area contributed by atoms with Gasteiger partial charge in [-0.2, -0.15) is 0 Å². The van der Waals surface area contributed by atoms with Crippen LogP contribution in [0.4, 0.5) is 5.69 Å². The Morgan fingerprint density at radius 1 is 1.22 bits per heavy atom. The van der Waals surface area contributed by atoms with Gasteiger partial charge in [0.1, 0.15) is 4.88 Å². The molecule has 0 saturated carbocycles. The van der Waals surface area contributed by atoms with Gasteiger partial charge in [-0.1, -0.05) is 6.07 Å². The fourth-order valence-corrected chi connectivity index (χ4v) is 4.17. The first-order valence-corrected chi connectivity index (χ1v) is 9.18. The Morgan fingerprint density at radius 2 is 1.96 bits per heavy atom. The molecular weight excluding hydrogens is 376 g/mol. The number of rotatable bonds is 3. The first kappa shape index (κ1) is 16.2. The third-order valence-corrected chi connectivity index (χ3v) is 5.87. The van der Waals surface area contributed by atoms with Crippen molar-refractivity contribution >= 4 is 44.8 Å². The first-order valence-electron chi connectivity index (χ1n) is 7.51. The molecule has 3 rings (SSSR count). The topological polar surface area (TPSA) is 49.4 Å². The lowest BCUT2D eigenvalue weighted by Gasteiger charge is -2.18. The number of thiophene rings is 1. The molecule has 0 radical (unpaired) electrons. The third kappa shape index (κ3) is 3.33. The van der Waals surface area contributed by atoms with Crippen LogP contribution in [0, 0.1) is 6.92 Å². The molecule has 6 heteroatoms. The number of amides is 2. The maximum Gasteiger partial charge on any atom is 0.266 e. The predicted octanol–water partition coefficient (Wildman–Crippen LogP) is 4.31. The van der Waals surface area contributed by atoms with E-state index in [0.717, 1.165) is 36.0 Å². The second kappa shape index (κ2) is 6.84. The fraction of sp³-hybridized carbons (Fsp3) is 0.294. The highest BCUT2D eigenvalue weighted by atomic mass is 79.9. The average molecular weight is 393 g/mol. The Labute approximate surface area is 147 Å². The van der Waals surface area contributed by atoms with Gasteiger partial charge >= 0.3 is 0 Å². The van der Waals surface area contributed by atoms with Crippen LogP contribution in [-0.4, -0.2) is 29.8 Å². The molecule has 4 nitrogen and oxygen atoms in total. The molecule has 2 amide bonds.